The van der Waals surface area contributed by atoms with Crippen LogP contribution in [0.5, 0.6) is 0 Å². The molecule has 0 saturated heterocycles. The van der Waals surface area contributed by atoms with E-state index in [1.54, 1.807) is 27.9 Å². The molecule has 0 amide bonds. The third kappa shape index (κ3) is 5.39. The Labute approximate surface area is 123 Å². The molecular formula is C14H20N2O5. The van der Waals surface area contributed by atoms with Crippen LogP contribution in [0.3, 0.4) is 0 Å². The van der Waals surface area contributed by atoms with Crippen LogP contribution in [0.4, 0.5) is 11.4 Å². The number of hydrogen-bond donors (Lipinski definition) is 1. The maximum Gasteiger partial charge on any atom is 0.338 e. The van der Waals surface area contributed by atoms with Gasteiger partial charge in [-0.05, 0) is 32.9 Å². The lowest BCUT2D eigenvalue weighted by atomic mass is 10.1. The number of ether oxygens (including phenoxy) is 2. The minimum atomic E-state index is -0.652. The summed E-state index contributed by atoms with van der Waals surface area (Å²) in [4.78, 5) is 22.5. The van der Waals surface area contributed by atoms with Crippen molar-refractivity contribution in [3.05, 3.63) is 33.9 Å². The second-order valence-electron chi connectivity index (χ2n) is 5.41. The summed E-state index contributed by atoms with van der Waals surface area (Å²) >= 11 is 0. The number of nitrogens with zero attached hydrogens (tertiary/aromatic N) is 1. The molecule has 0 spiro atoms. The number of nitrogens with one attached hydrogen (secondary N) is 1. The fourth-order valence-electron chi connectivity index (χ4n) is 1.58. The molecular weight excluding hydrogens is 276 g/mol. The molecule has 0 aliphatic rings. The van der Waals surface area contributed by atoms with Crippen LogP contribution in [0.25, 0.3) is 0 Å². The highest BCUT2D eigenvalue weighted by atomic mass is 16.6. The predicted molar refractivity (Wildman–Crippen MR) is 78.6 cm³/mol. The number of methoxy groups -OCH3 is 1. The van der Waals surface area contributed by atoms with Crippen LogP contribution in [0.15, 0.2) is 18.2 Å². The molecule has 1 rings (SSSR count). The first-order valence-corrected chi connectivity index (χ1v) is 6.49. The summed E-state index contributed by atoms with van der Waals surface area (Å²) in [7, 11) is 1.54. The first kappa shape index (κ1) is 16.9. The maximum absolute atomic E-state index is 11.9. The number of carbonyl (C=O) groups is 1. The Morgan fingerprint density at radius 3 is 2.57 bits per heavy atom. The molecule has 1 aromatic rings. The minimum absolute atomic E-state index is 0.147. The van der Waals surface area contributed by atoms with E-state index in [9.17, 15) is 14.9 Å². The molecule has 0 heterocycles. The van der Waals surface area contributed by atoms with Crippen molar-refractivity contribution in [2.75, 3.05) is 25.6 Å². The second kappa shape index (κ2) is 7.03. The lowest BCUT2D eigenvalue weighted by molar-refractivity contribution is -0.384. The van der Waals surface area contributed by atoms with Crippen molar-refractivity contribution in [1.82, 2.24) is 0 Å². The molecule has 7 nitrogen and oxygen atoms in total. The van der Waals surface area contributed by atoms with E-state index in [4.69, 9.17) is 9.47 Å². The van der Waals surface area contributed by atoms with Crippen LogP contribution in [-0.4, -0.2) is 36.8 Å². The van der Waals surface area contributed by atoms with Gasteiger partial charge < -0.3 is 14.8 Å². The van der Waals surface area contributed by atoms with Gasteiger partial charge in [-0.1, -0.05) is 0 Å². The molecule has 0 unspecified atom stereocenters. The summed E-state index contributed by atoms with van der Waals surface area (Å²) in [6.45, 7) is 6.06. The van der Waals surface area contributed by atoms with Crippen molar-refractivity contribution in [2.24, 2.45) is 0 Å². The van der Waals surface area contributed by atoms with Crippen LogP contribution >= 0.6 is 0 Å². The van der Waals surface area contributed by atoms with Gasteiger partial charge in [-0.15, -0.1) is 0 Å². The molecule has 1 N–H and O–H groups in total. The zero-order valence-electron chi connectivity index (χ0n) is 12.6. The Morgan fingerprint density at radius 1 is 1.38 bits per heavy atom. The van der Waals surface area contributed by atoms with Gasteiger partial charge in [0.2, 0.25) is 0 Å². The topological polar surface area (TPSA) is 90.7 Å². The fraction of sp³-hybridized carbons (Fsp3) is 0.500. The van der Waals surface area contributed by atoms with E-state index < -0.39 is 16.5 Å². The van der Waals surface area contributed by atoms with Gasteiger partial charge in [-0.25, -0.2) is 4.79 Å². The van der Waals surface area contributed by atoms with Gasteiger partial charge in [-0.2, -0.15) is 0 Å². The number of benzene rings is 1. The van der Waals surface area contributed by atoms with Crippen LogP contribution in [-0.2, 0) is 9.47 Å². The molecule has 116 valence electrons. The summed E-state index contributed by atoms with van der Waals surface area (Å²) in [5, 5.41) is 14.0. The molecule has 7 heteroatoms. The van der Waals surface area contributed by atoms with Crippen LogP contribution in [0.2, 0.25) is 0 Å². The highest BCUT2D eigenvalue weighted by molar-refractivity contribution is 5.91. The largest absolute Gasteiger partial charge is 0.456 e. The Morgan fingerprint density at radius 2 is 2.05 bits per heavy atom. The second-order valence-corrected chi connectivity index (χ2v) is 5.41. The van der Waals surface area contributed by atoms with Crippen molar-refractivity contribution < 1.29 is 19.2 Å². The molecule has 0 aliphatic heterocycles. The van der Waals surface area contributed by atoms with Crippen molar-refractivity contribution >= 4 is 17.3 Å². The molecule has 0 aliphatic carbocycles. The van der Waals surface area contributed by atoms with Crippen LogP contribution in [0, 0.1) is 10.1 Å². The first-order chi connectivity index (χ1) is 9.74. The number of nitro benzene ring substituents is 1. The number of esters is 1. The van der Waals surface area contributed by atoms with Gasteiger partial charge in [-0.3, -0.25) is 10.1 Å². The predicted octanol–water partition coefficient (Wildman–Crippen LogP) is 2.61. The van der Waals surface area contributed by atoms with Crippen molar-refractivity contribution in [1.29, 1.82) is 0 Å². The fourth-order valence-corrected chi connectivity index (χ4v) is 1.58. The molecule has 0 aromatic heterocycles. The Bertz CT molecular complexity index is 523. The van der Waals surface area contributed by atoms with Crippen LogP contribution < -0.4 is 5.32 Å². The molecule has 21 heavy (non-hydrogen) atoms. The lowest BCUT2D eigenvalue weighted by Crippen LogP contribution is -2.24. The summed E-state index contributed by atoms with van der Waals surface area (Å²) < 4.78 is 10.1. The Balaban J connectivity index is 2.97. The van der Waals surface area contributed by atoms with Gasteiger partial charge in [0.15, 0.2) is 0 Å². The number of rotatable bonds is 6. The highest BCUT2D eigenvalue weighted by Crippen LogP contribution is 2.26. The van der Waals surface area contributed by atoms with Gasteiger partial charge in [0, 0.05) is 19.7 Å². The van der Waals surface area contributed by atoms with Crippen LogP contribution in [0.1, 0.15) is 31.1 Å². The van der Waals surface area contributed by atoms with E-state index in [0.29, 0.717) is 18.8 Å². The van der Waals surface area contributed by atoms with E-state index in [-0.39, 0.29) is 11.3 Å². The number of nitro groups is 1. The summed E-state index contributed by atoms with van der Waals surface area (Å²) in [6.07, 6.45) is 0. The molecule has 0 bridgehead atoms. The van der Waals surface area contributed by atoms with E-state index in [2.05, 4.69) is 5.32 Å². The van der Waals surface area contributed by atoms with E-state index in [0.717, 1.165) is 0 Å². The number of hydrogen-bond acceptors (Lipinski definition) is 6. The first-order valence-electron chi connectivity index (χ1n) is 6.49. The minimum Gasteiger partial charge on any atom is -0.456 e. The standard InChI is InChI=1S/C14H20N2O5/c1-14(2,3)21-13(17)10-5-6-11(15-7-8-20-4)12(9-10)16(18)19/h5-6,9,15H,7-8H2,1-4H3. The van der Waals surface area contributed by atoms with E-state index in [1.165, 1.54) is 18.2 Å². The highest BCUT2D eigenvalue weighted by Gasteiger charge is 2.22. The molecule has 0 atom stereocenters. The average Bonchev–Trinajstić information content (AvgIpc) is 2.37. The molecule has 0 saturated carbocycles. The number of anilines is 1. The number of carbonyl (C=O) groups excluding carboxylic acids is 1. The summed E-state index contributed by atoms with van der Waals surface area (Å²) in [6, 6.07) is 4.20. The van der Waals surface area contributed by atoms with E-state index >= 15 is 0 Å². The third-order valence-electron chi connectivity index (χ3n) is 2.45. The normalized spacial score (nSPS) is 11.0. The Kier molecular flexibility index (Phi) is 5.66. The smallest absolute Gasteiger partial charge is 0.338 e. The third-order valence-corrected chi connectivity index (χ3v) is 2.45. The van der Waals surface area contributed by atoms with E-state index in [1.807, 2.05) is 0 Å². The van der Waals surface area contributed by atoms with Crippen molar-refractivity contribution in [3.63, 3.8) is 0 Å². The monoisotopic (exact) mass is 296 g/mol. The average molecular weight is 296 g/mol. The summed E-state index contributed by atoms with van der Waals surface area (Å²) in [5.74, 6) is -0.589. The molecule has 1 aromatic carbocycles. The zero-order chi connectivity index (χ0) is 16.0. The Hall–Kier alpha value is -2.15. The van der Waals surface area contributed by atoms with Gasteiger partial charge in [0.05, 0.1) is 17.1 Å². The molecule has 0 fully saturated rings. The SMILES string of the molecule is COCCNc1ccc(C(=O)OC(C)(C)C)cc1[N+](=O)[O-]. The zero-order valence-corrected chi connectivity index (χ0v) is 12.6. The summed E-state index contributed by atoms with van der Waals surface area (Å²) in [5.41, 5.74) is -0.339. The quantitative estimate of drug-likeness (QED) is 0.375. The van der Waals surface area contributed by atoms with Gasteiger partial charge in [0.1, 0.15) is 11.3 Å². The maximum atomic E-state index is 11.9. The lowest BCUT2D eigenvalue weighted by Gasteiger charge is -2.19. The molecule has 0 radical (unpaired) electrons. The van der Waals surface area contributed by atoms with Crippen molar-refractivity contribution in [3.8, 4) is 0 Å². The van der Waals surface area contributed by atoms with Crippen molar-refractivity contribution in [2.45, 2.75) is 26.4 Å². The van der Waals surface area contributed by atoms with Gasteiger partial charge in [0.25, 0.3) is 5.69 Å². The van der Waals surface area contributed by atoms with Gasteiger partial charge >= 0.3 is 5.97 Å².